The van der Waals surface area contributed by atoms with E-state index in [9.17, 15) is 22.7 Å². The van der Waals surface area contributed by atoms with Crippen molar-refractivity contribution >= 4 is 0 Å². The molecule has 12 heavy (non-hydrogen) atoms. The molecule has 1 rings (SSSR count). The van der Waals surface area contributed by atoms with Crippen molar-refractivity contribution in [2.24, 2.45) is 0 Å². The molecule has 0 spiro atoms. The molecule has 1 radical (unpaired) electrons. The quantitative estimate of drug-likeness (QED) is 0.371. The molecule has 0 atom stereocenters. The zero-order valence-electron chi connectivity index (χ0n) is 5.37. The highest BCUT2D eigenvalue weighted by atomic mass is 19.2. The Kier molecular flexibility index (Phi) is 1.83. The Balaban J connectivity index is 3.60. The summed E-state index contributed by atoms with van der Waals surface area (Å²) in [5.74, 6) is -12.3. The molecule has 0 aliphatic rings. The lowest BCUT2D eigenvalue weighted by Crippen LogP contribution is -1.95. The minimum Gasteiger partial charge on any atom is -0.502 e. The van der Waals surface area contributed by atoms with Gasteiger partial charge in [-0.1, -0.05) is 0 Å². The molecule has 0 saturated carbocycles. The van der Waals surface area contributed by atoms with Crippen molar-refractivity contribution in [3.8, 4) is 11.5 Å². The fourth-order valence-corrected chi connectivity index (χ4v) is 0.600. The average molecular weight is 181 g/mol. The summed E-state index contributed by atoms with van der Waals surface area (Å²) in [6.07, 6.45) is 0. The third kappa shape index (κ3) is 0.956. The molecule has 0 heterocycles. The molecule has 6 heteroatoms. The Morgan fingerprint density at radius 3 is 1.75 bits per heavy atom. The van der Waals surface area contributed by atoms with Crippen LogP contribution in [0.2, 0.25) is 0 Å². The molecule has 0 amide bonds. The number of hydrogen-bond acceptors (Lipinski definition) is 1. The predicted octanol–water partition coefficient (Wildman–Crippen LogP) is 2.09. The summed E-state index contributed by atoms with van der Waals surface area (Å²) in [6, 6.07) is 0. The molecule has 0 aliphatic heterocycles. The van der Waals surface area contributed by atoms with Crippen LogP contribution in [0.15, 0.2) is 0 Å². The van der Waals surface area contributed by atoms with Crippen LogP contribution in [0.25, 0.3) is 0 Å². The summed E-state index contributed by atoms with van der Waals surface area (Å²) in [7, 11) is 0. The van der Waals surface area contributed by atoms with Gasteiger partial charge < -0.3 is 5.11 Å². The van der Waals surface area contributed by atoms with E-state index in [0.29, 0.717) is 0 Å². The molecule has 65 valence electrons. The van der Waals surface area contributed by atoms with Gasteiger partial charge in [0.05, 0.1) is 0 Å². The van der Waals surface area contributed by atoms with Crippen molar-refractivity contribution < 1.29 is 27.8 Å². The van der Waals surface area contributed by atoms with Gasteiger partial charge in [-0.15, -0.1) is 0 Å². The molecule has 2 nitrogen and oxygen atoms in total. The Hall–Kier alpha value is -1.46. The first-order valence-electron chi connectivity index (χ1n) is 2.68. The Morgan fingerprint density at radius 2 is 1.25 bits per heavy atom. The summed E-state index contributed by atoms with van der Waals surface area (Å²) in [5, 5.41) is 18.6. The fourth-order valence-electron chi connectivity index (χ4n) is 0.600. The normalized spacial score (nSPS) is 10.3. The largest absolute Gasteiger partial charge is 0.502 e. The molecule has 1 N–H and O–H groups in total. The predicted molar refractivity (Wildman–Crippen MR) is 28.1 cm³/mol. The van der Waals surface area contributed by atoms with Crippen molar-refractivity contribution in [1.82, 2.24) is 0 Å². The van der Waals surface area contributed by atoms with Gasteiger partial charge in [0.25, 0.3) is 5.75 Å². The second kappa shape index (κ2) is 2.54. The molecular formula is C6HF4O2. The van der Waals surface area contributed by atoms with Crippen LogP contribution in [-0.4, -0.2) is 5.11 Å². The van der Waals surface area contributed by atoms with E-state index in [2.05, 4.69) is 0 Å². The van der Waals surface area contributed by atoms with Crippen LogP contribution in [0.4, 0.5) is 17.6 Å². The topological polar surface area (TPSA) is 40.1 Å². The van der Waals surface area contributed by atoms with E-state index in [1.54, 1.807) is 0 Å². The first-order valence-corrected chi connectivity index (χ1v) is 2.68. The number of rotatable bonds is 0. The average Bonchev–Trinajstić information content (AvgIpc) is 2.08. The minimum absolute atomic E-state index is 1.76. The van der Waals surface area contributed by atoms with Gasteiger partial charge in [0.2, 0.25) is 29.0 Å². The van der Waals surface area contributed by atoms with Gasteiger partial charge in [0.1, 0.15) is 0 Å². The maximum absolute atomic E-state index is 12.2. The lowest BCUT2D eigenvalue weighted by atomic mass is 10.2. The van der Waals surface area contributed by atoms with E-state index in [1.807, 2.05) is 0 Å². The van der Waals surface area contributed by atoms with Crippen molar-refractivity contribution in [2.75, 3.05) is 0 Å². The molecule has 0 fully saturated rings. The summed E-state index contributed by atoms with van der Waals surface area (Å²) >= 11 is 0. The van der Waals surface area contributed by atoms with E-state index in [-0.39, 0.29) is 0 Å². The third-order valence-corrected chi connectivity index (χ3v) is 1.20. The number of benzene rings is 1. The van der Waals surface area contributed by atoms with Crippen LogP contribution in [0, 0.1) is 23.3 Å². The van der Waals surface area contributed by atoms with Crippen LogP contribution in [-0.2, 0) is 5.11 Å². The van der Waals surface area contributed by atoms with Crippen LogP contribution in [0.3, 0.4) is 0 Å². The number of halogens is 4. The standard InChI is InChI=1S/C6HF4O2/c7-1-2(8)4(10)6(12)5(11)3(1)9/h11H. The fraction of sp³-hybridized carbons (Fsp3) is 0. The van der Waals surface area contributed by atoms with Gasteiger partial charge in [-0.3, -0.25) is 5.11 Å². The number of aromatic hydroxyl groups is 1. The highest BCUT2D eigenvalue weighted by Gasteiger charge is 2.25. The summed E-state index contributed by atoms with van der Waals surface area (Å²) in [6.45, 7) is 0. The Labute approximate surface area is 63.7 Å². The maximum Gasteiger partial charge on any atom is 0.261 e. The zero-order valence-corrected chi connectivity index (χ0v) is 5.37. The number of phenolic OH excluding ortho intramolecular Hbond substituents is 1. The molecule has 1 aromatic rings. The van der Waals surface area contributed by atoms with Gasteiger partial charge in [-0.2, -0.15) is 8.78 Å². The van der Waals surface area contributed by atoms with Crippen molar-refractivity contribution in [3.63, 3.8) is 0 Å². The number of hydrogen-bond donors (Lipinski definition) is 1. The summed E-state index contributed by atoms with van der Waals surface area (Å²) < 4.78 is 48.7. The Morgan fingerprint density at radius 1 is 0.833 bits per heavy atom. The van der Waals surface area contributed by atoms with Gasteiger partial charge in [0, 0.05) is 0 Å². The highest BCUT2D eigenvalue weighted by Crippen LogP contribution is 2.34. The maximum atomic E-state index is 12.2. The van der Waals surface area contributed by atoms with E-state index in [4.69, 9.17) is 5.11 Å². The summed E-state index contributed by atoms with van der Waals surface area (Å²) in [5.41, 5.74) is 0. The van der Waals surface area contributed by atoms with Gasteiger partial charge in [-0.05, 0) is 0 Å². The van der Waals surface area contributed by atoms with Crippen LogP contribution in [0.1, 0.15) is 0 Å². The molecule has 0 saturated heterocycles. The first kappa shape index (κ1) is 8.63. The van der Waals surface area contributed by atoms with E-state index in [1.165, 1.54) is 0 Å². The van der Waals surface area contributed by atoms with Gasteiger partial charge >= 0.3 is 0 Å². The van der Waals surface area contributed by atoms with Gasteiger partial charge in [-0.25, -0.2) is 8.78 Å². The molecule has 0 unspecified atom stereocenters. The smallest absolute Gasteiger partial charge is 0.261 e. The number of phenols is 1. The lowest BCUT2D eigenvalue weighted by molar-refractivity contribution is 0.272. The van der Waals surface area contributed by atoms with Crippen molar-refractivity contribution in [3.05, 3.63) is 23.3 Å². The van der Waals surface area contributed by atoms with Crippen molar-refractivity contribution in [2.45, 2.75) is 0 Å². The SMILES string of the molecule is [O]c1c(O)c(F)c(F)c(F)c1F. The highest BCUT2D eigenvalue weighted by molar-refractivity contribution is 5.40. The third-order valence-electron chi connectivity index (χ3n) is 1.20. The zero-order chi connectivity index (χ0) is 9.46. The van der Waals surface area contributed by atoms with Crippen LogP contribution < -0.4 is 0 Å². The van der Waals surface area contributed by atoms with Crippen LogP contribution in [0.5, 0.6) is 11.5 Å². The minimum atomic E-state index is -2.23. The molecular weight excluding hydrogens is 180 g/mol. The molecule has 0 bridgehead atoms. The second-order valence-corrected chi connectivity index (χ2v) is 1.93. The molecule has 0 aliphatic carbocycles. The second-order valence-electron chi connectivity index (χ2n) is 1.93. The molecule has 1 aromatic carbocycles. The Bertz CT molecular complexity index is 232. The van der Waals surface area contributed by atoms with E-state index in [0.717, 1.165) is 0 Å². The lowest BCUT2D eigenvalue weighted by Gasteiger charge is -2.00. The van der Waals surface area contributed by atoms with Crippen molar-refractivity contribution in [1.29, 1.82) is 0 Å². The van der Waals surface area contributed by atoms with E-state index < -0.39 is 34.8 Å². The van der Waals surface area contributed by atoms with E-state index >= 15 is 0 Å². The summed E-state index contributed by atoms with van der Waals surface area (Å²) in [4.78, 5) is 0. The molecule has 0 aromatic heterocycles. The van der Waals surface area contributed by atoms with Crippen LogP contribution >= 0.6 is 0 Å². The first-order chi connectivity index (χ1) is 5.46. The monoisotopic (exact) mass is 181 g/mol. The van der Waals surface area contributed by atoms with Gasteiger partial charge in [0.15, 0.2) is 0 Å².